The van der Waals surface area contributed by atoms with E-state index in [-0.39, 0.29) is 0 Å². The lowest BCUT2D eigenvalue weighted by atomic mass is 9.89. The zero-order chi connectivity index (χ0) is 10.1. The van der Waals surface area contributed by atoms with Crippen LogP contribution in [0.2, 0.25) is 0 Å². The summed E-state index contributed by atoms with van der Waals surface area (Å²) in [5, 5.41) is 0. The van der Waals surface area contributed by atoms with Gasteiger partial charge in [-0.1, -0.05) is 6.07 Å². The molecule has 1 atom stereocenters. The van der Waals surface area contributed by atoms with Crippen LogP contribution in [0.5, 0.6) is 5.75 Å². The van der Waals surface area contributed by atoms with Gasteiger partial charge in [-0.3, -0.25) is 4.79 Å². The van der Waals surface area contributed by atoms with Gasteiger partial charge in [0.25, 0.3) is 0 Å². The first-order chi connectivity index (χ1) is 6.72. The number of halogens is 1. The summed E-state index contributed by atoms with van der Waals surface area (Å²) in [5.41, 5.74) is 1.40. The number of methoxy groups -OCH3 is 1. The van der Waals surface area contributed by atoms with E-state index in [1.165, 1.54) is 7.11 Å². The number of ketones is 1. The molecule has 0 bridgehead atoms. The van der Waals surface area contributed by atoms with E-state index in [1.807, 2.05) is 6.07 Å². The fraction of sp³-hybridized carbons (Fsp3) is 0.364. The average molecular weight is 194 g/mol. The fourth-order valence-electron chi connectivity index (χ4n) is 1.71. The number of hydrogen-bond acceptors (Lipinski definition) is 2. The molecule has 0 heterocycles. The van der Waals surface area contributed by atoms with E-state index in [2.05, 4.69) is 0 Å². The Balaban J connectivity index is 2.46. The predicted octanol–water partition coefficient (Wildman–Crippen LogP) is 2.16. The van der Waals surface area contributed by atoms with Crippen molar-refractivity contribution < 1.29 is 13.9 Å². The van der Waals surface area contributed by atoms with E-state index in [0.717, 1.165) is 5.56 Å². The molecule has 0 saturated heterocycles. The number of aryl methyl sites for hydroxylation is 1. The summed E-state index contributed by atoms with van der Waals surface area (Å²) in [6.07, 6.45) is -0.403. The number of rotatable bonds is 1. The minimum absolute atomic E-state index is 0.304. The van der Waals surface area contributed by atoms with Gasteiger partial charge in [0.15, 0.2) is 12.0 Å². The van der Waals surface area contributed by atoms with E-state index >= 15 is 0 Å². The molecule has 1 aromatic carbocycles. The molecule has 0 unspecified atom stereocenters. The van der Waals surface area contributed by atoms with Crippen LogP contribution in [0.15, 0.2) is 18.2 Å². The predicted molar refractivity (Wildman–Crippen MR) is 50.5 cm³/mol. The number of ether oxygens (including phenoxy) is 1. The van der Waals surface area contributed by atoms with E-state index in [4.69, 9.17) is 4.74 Å². The van der Waals surface area contributed by atoms with Crippen molar-refractivity contribution in [2.75, 3.05) is 7.11 Å². The lowest BCUT2D eigenvalue weighted by Gasteiger charge is -2.18. The van der Waals surface area contributed by atoms with Crippen LogP contribution in [-0.2, 0) is 6.42 Å². The van der Waals surface area contributed by atoms with Crippen molar-refractivity contribution in [2.45, 2.75) is 19.0 Å². The van der Waals surface area contributed by atoms with Gasteiger partial charge in [0.05, 0.1) is 7.11 Å². The first-order valence-electron chi connectivity index (χ1n) is 4.57. The molecule has 0 saturated carbocycles. The van der Waals surface area contributed by atoms with Crippen LogP contribution in [0.3, 0.4) is 0 Å². The Labute approximate surface area is 81.7 Å². The van der Waals surface area contributed by atoms with Gasteiger partial charge in [-0.2, -0.15) is 0 Å². The molecular weight excluding hydrogens is 183 g/mol. The highest BCUT2D eigenvalue weighted by molar-refractivity contribution is 6.02. The van der Waals surface area contributed by atoms with Gasteiger partial charge in [-0.15, -0.1) is 0 Å². The number of carbonyl (C=O) groups excluding carboxylic acids is 1. The van der Waals surface area contributed by atoms with Gasteiger partial charge in [-0.25, -0.2) is 4.39 Å². The minimum Gasteiger partial charge on any atom is -0.497 e. The smallest absolute Gasteiger partial charge is 0.197 e. The van der Waals surface area contributed by atoms with Crippen LogP contribution in [0.25, 0.3) is 0 Å². The summed E-state index contributed by atoms with van der Waals surface area (Å²) in [6.45, 7) is 0. The second-order valence-corrected chi connectivity index (χ2v) is 3.39. The Morgan fingerprint density at radius 2 is 2.29 bits per heavy atom. The molecule has 1 aromatic rings. The van der Waals surface area contributed by atoms with Crippen molar-refractivity contribution in [1.29, 1.82) is 0 Å². The standard InChI is InChI=1S/C11H11FO2/c1-14-8-4-2-7-3-5-10(12)11(13)9(7)6-8/h2,4,6,10H,3,5H2,1H3/t10-/m0/s1. The van der Waals surface area contributed by atoms with Gasteiger partial charge >= 0.3 is 0 Å². The van der Waals surface area contributed by atoms with Gasteiger partial charge in [0.2, 0.25) is 0 Å². The molecule has 0 radical (unpaired) electrons. The van der Waals surface area contributed by atoms with Crippen molar-refractivity contribution in [1.82, 2.24) is 0 Å². The Bertz CT molecular complexity index is 374. The number of alkyl halides is 1. The molecule has 0 aliphatic heterocycles. The highest BCUT2D eigenvalue weighted by Crippen LogP contribution is 2.26. The molecule has 74 valence electrons. The molecule has 0 spiro atoms. The summed E-state index contributed by atoms with van der Waals surface area (Å²) >= 11 is 0. The van der Waals surface area contributed by atoms with Gasteiger partial charge in [-0.05, 0) is 30.5 Å². The number of fused-ring (bicyclic) bond motifs is 1. The monoisotopic (exact) mass is 194 g/mol. The summed E-state index contributed by atoms with van der Waals surface area (Å²) in [6, 6.07) is 5.24. The van der Waals surface area contributed by atoms with Crippen molar-refractivity contribution in [3.8, 4) is 5.75 Å². The third-order valence-electron chi connectivity index (χ3n) is 2.53. The van der Waals surface area contributed by atoms with Gasteiger partial charge in [0, 0.05) is 5.56 Å². The normalized spacial score (nSPS) is 20.4. The van der Waals surface area contributed by atoms with Crippen molar-refractivity contribution in [2.24, 2.45) is 0 Å². The Kier molecular flexibility index (Phi) is 2.23. The number of carbonyl (C=O) groups is 1. The van der Waals surface area contributed by atoms with Crippen LogP contribution in [-0.4, -0.2) is 19.1 Å². The maximum atomic E-state index is 13.1. The number of hydrogen-bond donors (Lipinski definition) is 0. The zero-order valence-electron chi connectivity index (χ0n) is 7.92. The van der Waals surface area contributed by atoms with E-state index < -0.39 is 12.0 Å². The topological polar surface area (TPSA) is 26.3 Å². The van der Waals surface area contributed by atoms with Crippen molar-refractivity contribution in [3.05, 3.63) is 29.3 Å². The summed E-state index contributed by atoms with van der Waals surface area (Å²) in [7, 11) is 1.53. The lowest BCUT2D eigenvalue weighted by molar-refractivity contribution is 0.0856. The average Bonchev–Trinajstić information content (AvgIpc) is 2.23. The highest BCUT2D eigenvalue weighted by atomic mass is 19.1. The number of Topliss-reactive ketones (excluding diaryl/α,β-unsaturated/α-hetero) is 1. The molecule has 3 heteroatoms. The van der Waals surface area contributed by atoms with E-state index in [0.29, 0.717) is 24.2 Å². The second-order valence-electron chi connectivity index (χ2n) is 3.39. The van der Waals surface area contributed by atoms with Crippen molar-refractivity contribution in [3.63, 3.8) is 0 Å². The molecule has 0 amide bonds. The minimum atomic E-state index is -1.34. The summed E-state index contributed by atoms with van der Waals surface area (Å²) in [5.74, 6) is 0.191. The zero-order valence-corrected chi connectivity index (χ0v) is 7.92. The third-order valence-corrected chi connectivity index (χ3v) is 2.53. The SMILES string of the molecule is COc1ccc2c(c1)C(=O)[C@@H](F)CC2. The van der Waals surface area contributed by atoms with Crippen LogP contribution in [0, 0.1) is 0 Å². The van der Waals surface area contributed by atoms with Crippen LogP contribution < -0.4 is 4.74 Å². The van der Waals surface area contributed by atoms with Gasteiger partial charge < -0.3 is 4.74 Å². The van der Waals surface area contributed by atoms with Crippen LogP contribution in [0.4, 0.5) is 4.39 Å². The highest BCUT2D eigenvalue weighted by Gasteiger charge is 2.27. The molecule has 2 rings (SSSR count). The molecule has 0 N–H and O–H groups in total. The van der Waals surface area contributed by atoms with E-state index in [1.54, 1.807) is 12.1 Å². The quantitative estimate of drug-likeness (QED) is 0.684. The second kappa shape index (κ2) is 3.40. The van der Waals surface area contributed by atoms with Crippen molar-refractivity contribution >= 4 is 5.78 Å². The molecule has 1 aliphatic rings. The maximum Gasteiger partial charge on any atom is 0.197 e. The van der Waals surface area contributed by atoms with Crippen LogP contribution >= 0.6 is 0 Å². The third kappa shape index (κ3) is 1.39. The molecule has 2 nitrogen and oxygen atoms in total. The fourth-order valence-corrected chi connectivity index (χ4v) is 1.71. The largest absolute Gasteiger partial charge is 0.497 e. The van der Waals surface area contributed by atoms with Crippen LogP contribution in [0.1, 0.15) is 22.3 Å². The Morgan fingerprint density at radius 1 is 1.50 bits per heavy atom. The Morgan fingerprint density at radius 3 is 3.00 bits per heavy atom. The summed E-state index contributed by atoms with van der Waals surface area (Å²) < 4.78 is 18.1. The molecule has 14 heavy (non-hydrogen) atoms. The molecule has 0 aromatic heterocycles. The Hall–Kier alpha value is -1.38. The first kappa shape index (κ1) is 9.19. The molecular formula is C11H11FO2. The molecule has 0 fully saturated rings. The first-order valence-corrected chi connectivity index (χ1v) is 4.57. The maximum absolute atomic E-state index is 13.1. The van der Waals surface area contributed by atoms with E-state index in [9.17, 15) is 9.18 Å². The van der Waals surface area contributed by atoms with Gasteiger partial charge in [0.1, 0.15) is 5.75 Å². The summed E-state index contributed by atoms with van der Waals surface area (Å²) in [4.78, 5) is 11.5. The lowest BCUT2D eigenvalue weighted by Crippen LogP contribution is -2.23. The molecule has 1 aliphatic carbocycles. The number of benzene rings is 1.